The third-order valence-electron chi connectivity index (χ3n) is 6.04. The highest BCUT2D eigenvalue weighted by Gasteiger charge is 2.37. The van der Waals surface area contributed by atoms with Gasteiger partial charge < -0.3 is 10.2 Å². The lowest BCUT2D eigenvalue weighted by Gasteiger charge is -2.19. The van der Waals surface area contributed by atoms with Gasteiger partial charge in [0, 0.05) is 35.7 Å². The van der Waals surface area contributed by atoms with Crippen LogP contribution in [0.2, 0.25) is 0 Å². The van der Waals surface area contributed by atoms with Crippen molar-refractivity contribution in [2.45, 2.75) is 31.8 Å². The van der Waals surface area contributed by atoms with E-state index in [-0.39, 0.29) is 18.2 Å². The Morgan fingerprint density at radius 3 is 2.42 bits per heavy atom. The second-order valence-corrected chi connectivity index (χ2v) is 9.13. The summed E-state index contributed by atoms with van der Waals surface area (Å²) >= 11 is 1.80. The zero-order valence-electron chi connectivity index (χ0n) is 17.6. The molecule has 1 fully saturated rings. The van der Waals surface area contributed by atoms with Crippen LogP contribution in [0, 0.1) is 19.8 Å². The molecular weight excluding hydrogens is 408 g/mol. The van der Waals surface area contributed by atoms with E-state index in [2.05, 4.69) is 5.32 Å². The van der Waals surface area contributed by atoms with Gasteiger partial charge in [0.1, 0.15) is 5.82 Å². The van der Waals surface area contributed by atoms with Crippen molar-refractivity contribution in [3.8, 4) is 5.69 Å². The van der Waals surface area contributed by atoms with E-state index in [0.717, 1.165) is 51.1 Å². The lowest BCUT2D eigenvalue weighted by molar-refractivity contribution is -0.122. The number of thioether (sulfide) groups is 1. The molecule has 6 nitrogen and oxygen atoms in total. The minimum atomic E-state index is -0.392. The Balaban J connectivity index is 1.42. The first kappa shape index (κ1) is 19.9. The smallest absolute Gasteiger partial charge is 0.230 e. The average Bonchev–Trinajstić information content (AvgIpc) is 3.45. The molecule has 0 radical (unpaired) electrons. The first-order chi connectivity index (χ1) is 15.0. The number of hydrogen-bond donors (Lipinski definition) is 1. The maximum atomic E-state index is 13.3. The van der Waals surface area contributed by atoms with Gasteiger partial charge in [-0.05, 0) is 37.1 Å². The molecule has 5 rings (SSSR count). The number of nitrogens with one attached hydrogen (secondary N) is 1. The number of rotatable bonds is 4. The Labute approximate surface area is 185 Å². The summed E-state index contributed by atoms with van der Waals surface area (Å²) in [7, 11) is 0. The highest BCUT2D eigenvalue weighted by atomic mass is 32.2. The van der Waals surface area contributed by atoms with E-state index in [9.17, 15) is 9.59 Å². The Morgan fingerprint density at radius 1 is 1.03 bits per heavy atom. The van der Waals surface area contributed by atoms with E-state index in [4.69, 9.17) is 5.10 Å². The Hall–Kier alpha value is -3.06. The average molecular weight is 433 g/mol. The van der Waals surface area contributed by atoms with Gasteiger partial charge in [-0.3, -0.25) is 9.59 Å². The summed E-state index contributed by atoms with van der Waals surface area (Å²) < 4.78 is 1.85. The summed E-state index contributed by atoms with van der Waals surface area (Å²) in [4.78, 5) is 27.7. The maximum absolute atomic E-state index is 13.3. The standard InChI is InChI=1S/C24H24N4O2S/c1-15-7-3-5-9-20(15)27-12-17(11-22(27)29)24(30)25-23-18-13-31-14-19(18)26-28(23)21-10-6-4-8-16(21)2/h3-10,17H,11-14H2,1-2H3,(H,25,30). The van der Waals surface area contributed by atoms with Crippen molar-refractivity contribution in [1.82, 2.24) is 9.78 Å². The van der Waals surface area contributed by atoms with Crippen molar-refractivity contribution in [3.05, 3.63) is 70.9 Å². The van der Waals surface area contributed by atoms with Crippen molar-refractivity contribution >= 4 is 35.1 Å². The first-order valence-corrected chi connectivity index (χ1v) is 11.6. The fourth-order valence-corrected chi connectivity index (χ4v) is 5.35. The van der Waals surface area contributed by atoms with Crippen molar-refractivity contribution in [3.63, 3.8) is 0 Å². The molecule has 2 aromatic carbocycles. The number of para-hydroxylation sites is 2. The SMILES string of the molecule is Cc1ccccc1N1CC(C(=O)Nc2c3c(nn2-c2ccccc2C)CSC3)CC1=O. The van der Waals surface area contributed by atoms with Crippen LogP contribution < -0.4 is 10.2 Å². The third-order valence-corrected chi connectivity index (χ3v) is 7.01. The van der Waals surface area contributed by atoms with Crippen LogP contribution in [0.15, 0.2) is 48.5 Å². The summed E-state index contributed by atoms with van der Waals surface area (Å²) in [6.45, 7) is 4.42. The number of hydrogen-bond acceptors (Lipinski definition) is 4. The van der Waals surface area contributed by atoms with E-state index in [1.165, 1.54) is 0 Å². The molecule has 1 atom stereocenters. The number of anilines is 2. The molecule has 31 heavy (non-hydrogen) atoms. The van der Waals surface area contributed by atoms with Crippen molar-refractivity contribution in [2.24, 2.45) is 5.92 Å². The van der Waals surface area contributed by atoms with Crippen molar-refractivity contribution in [2.75, 3.05) is 16.8 Å². The Kier molecular flexibility index (Phi) is 5.06. The topological polar surface area (TPSA) is 67.2 Å². The van der Waals surface area contributed by atoms with E-state index in [1.807, 2.05) is 67.1 Å². The van der Waals surface area contributed by atoms with Crippen LogP contribution >= 0.6 is 11.8 Å². The molecule has 1 saturated heterocycles. The number of nitrogens with zero attached hydrogens (tertiary/aromatic N) is 3. The summed E-state index contributed by atoms with van der Waals surface area (Å²) in [6.07, 6.45) is 0.218. The summed E-state index contributed by atoms with van der Waals surface area (Å²) in [5.41, 5.74) is 6.07. The second kappa shape index (κ2) is 7.89. The molecule has 7 heteroatoms. The molecule has 0 aliphatic carbocycles. The quantitative estimate of drug-likeness (QED) is 0.670. The number of aryl methyl sites for hydroxylation is 2. The van der Waals surface area contributed by atoms with Gasteiger partial charge in [0.05, 0.1) is 17.3 Å². The Bertz CT molecular complexity index is 1190. The molecule has 3 aromatic rings. The molecule has 1 unspecified atom stereocenters. The number of carbonyl (C=O) groups is 2. The lowest BCUT2D eigenvalue weighted by atomic mass is 10.1. The van der Waals surface area contributed by atoms with Crippen LogP contribution in [-0.4, -0.2) is 28.1 Å². The molecule has 158 valence electrons. The summed E-state index contributed by atoms with van der Waals surface area (Å²) in [5.74, 6) is 1.88. The van der Waals surface area contributed by atoms with Gasteiger partial charge in [0.25, 0.3) is 0 Å². The molecule has 0 spiro atoms. The molecule has 2 aliphatic rings. The first-order valence-electron chi connectivity index (χ1n) is 10.4. The Morgan fingerprint density at radius 2 is 1.71 bits per heavy atom. The molecule has 0 saturated carbocycles. The van der Waals surface area contributed by atoms with Gasteiger partial charge in [-0.1, -0.05) is 36.4 Å². The largest absolute Gasteiger partial charge is 0.311 e. The molecular formula is C24H24N4O2S. The van der Waals surface area contributed by atoms with Gasteiger partial charge in [0.2, 0.25) is 11.8 Å². The minimum Gasteiger partial charge on any atom is -0.311 e. The van der Waals surface area contributed by atoms with E-state index in [1.54, 1.807) is 16.7 Å². The fraction of sp³-hybridized carbons (Fsp3) is 0.292. The van der Waals surface area contributed by atoms with Crippen molar-refractivity contribution < 1.29 is 9.59 Å². The number of amides is 2. The summed E-state index contributed by atoms with van der Waals surface area (Å²) in [6, 6.07) is 15.8. The highest BCUT2D eigenvalue weighted by Crippen LogP contribution is 2.37. The van der Waals surface area contributed by atoms with Gasteiger partial charge in [-0.2, -0.15) is 16.9 Å². The number of aromatic nitrogens is 2. The number of benzene rings is 2. The van der Waals surface area contributed by atoms with E-state index >= 15 is 0 Å². The van der Waals surface area contributed by atoms with E-state index < -0.39 is 5.92 Å². The zero-order chi connectivity index (χ0) is 21.5. The van der Waals surface area contributed by atoms with Crippen LogP contribution in [0.3, 0.4) is 0 Å². The van der Waals surface area contributed by atoms with Gasteiger partial charge in [-0.25, -0.2) is 4.68 Å². The third kappa shape index (κ3) is 3.53. The van der Waals surface area contributed by atoms with Crippen LogP contribution in [0.5, 0.6) is 0 Å². The predicted octanol–water partition coefficient (Wildman–Crippen LogP) is 4.23. The summed E-state index contributed by atoms with van der Waals surface area (Å²) in [5, 5.41) is 7.93. The highest BCUT2D eigenvalue weighted by molar-refractivity contribution is 7.98. The van der Waals surface area contributed by atoms with Crippen LogP contribution in [-0.2, 0) is 21.1 Å². The monoisotopic (exact) mass is 432 g/mol. The van der Waals surface area contributed by atoms with Crippen LogP contribution in [0.4, 0.5) is 11.5 Å². The zero-order valence-corrected chi connectivity index (χ0v) is 18.4. The molecule has 2 amide bonds. The van der Waals surface area contributed by atoms with Crippen LogP contribution in [0.1, 0.15) is 28.8 Å². The number of fused-ring (bicyclic) bond motifs is 1. The van der Waals surface area contributed by atoms with Crippen LogP contribution in [0.25, 0.3) is 5.69 Å². The molecule has 2 aliphatic heterocycles. The molecule has 1 aromatic heterocycles. The van der Waals surface area contributed by atoms with E-state index in [0.29, 0.717) is 6.54 Å². The normalized spacial score (nSPS) is 17.8. The van der Waals surface area contributed by atoms with Gasteiger partial charge >= 0.3 is 0 Å². The molecule has 0 bridgehead atoms. The number of carbonyl (C=O) groups excluding carboxylic acids is 2. The second-order valence-electron chi connectivity index (χ2n) is 8.15. The van der Waals surface area contributed by atoms with Gasteiger partial charge in [0.15, 0.2) is 0 Å². The fourth-order valence-electron chi connectivity index (χ4n) is 4.32. The minimum absolute atomic E-state index is 0.0114. The van der Waals surface area contributed by atoms with Crippen molar-refractivity contribution in [1.29, 1.82) is 0 Å². The van der Waals surface area contributed by atoms with Gasteiger partial charge in [-0.15, -0.1) is 0 Å². The maximum Gasteiger partial charge on any atom is 0.230 e. The molecule has 3 heterocycles. The molecule has 1 N–H and O–H groups in total. The predicted molar refractivity (Wildman–Crippen MR) is 124 cm³/mol. The lowest BCUT2D eigenvalue weighted by Crippen LogP contribution is -2.29.